The van der Waals surface area contributed by atoms with E-state index in [9.17, 15) is 14.4 Å². The lowest BCUT2D eigenvalue weighted by atomic mass is 10.1. The molecule has 1 aliphatic rings. The van der Waals surface area contributed by atoms with E-state index in [4.69, 9.17) is 10.3 Å². The molecule has 1 heterocycles. The Labute approximate surface area is 95.2 Å². The van der Waals surface area contributed by atoms with Crippen molar-refractivity contribution in [3.63, 3.8) is 0 Å². The molecule has 0 radical (unpaired) electrons. The zero-order valence-corrected chi connectivity index (χ0v) is 8.51. The molecule has 0 aromatic heterocycles. The van der Waals surface area contributed by atoms with Gasteiger partial charge in [0.1, 0.15) is 6.54 Å². The van der Waals surface area contributed by atoms with Crippen LogP contribution in [0.15, 0.2) is 18.2 Å². The number of rotatable bonds is 3. The Balaban J connectivity index is 2.47. The van der Waals surface area contributed by atoms with Gasteiger partial charge in [0.25, 0.3) is 11.7 Å². The average molecular weight is 236 g/mol. The molecule has 1 amide bonds. The maximum atomic E-state index is 11.6. The van der Waals surface area contributed by atoms with Gasteiger partial charge >= 0.3 is 5.97 Å². The molecule has 2 rings (SSSR count). The number of fused-ring (bicyclic) bond motifs is 1. The molecule has 0 aliphatic carbocycles. The first kappa shape index (κ1) is 11.1. The fourth-order valence-corrected chi connectivity index (χ4v) is 1.66. The Bertz CT molecular complexity index is 525. The van der Waals surface area contributed by atoms with Crippen LogP contribution in [-0.2, 0) is 9.59 Å². The molecule has 7 nitrogen and oxygen atoms in total. The molecule has 1 aromatic carbocycles. The minimum atomic E-state index is -1.21. The molecular weight excluding hydrogens is 228 g/mol. The number of amides is 1. The highest BCUT2D eigenvalue weighted by molar-refractivity contribution is 6.52. The van der Waals surface area contributed by atoms with E-state index >= 15 is 0 Å². The van der Waals surface area contributed by atoms with Gasteiger partial charge in [0.2, 0.25) is 0 Å². The zero-order chi connectivity index (χ0) is 12.6. The van der Waals surface area contributed by atoms with Gasteiger partial charge in [-0.25, -0.2) is 0 Å². The molecule has 0 spiro atoms. The van der Waals surface area contributed by atoms with Crippen LogP contribution in [0.2, 0.25) is 0 Å². The monoisotopic (exact) mass is 236 g/mol. The first-order valence-electron chi connectivity index (χ1n) is 4.66. The van der Waals surface area contributed by atoms with Gasteiger partial charge in [-0.15, -0.1) is 0 Å². The SMILES string of the molecule is O=C(O)CN1C(=O)C(=O)c2cc(NO)ccc21. The molecule has 0 atom stereocenters. The van der Waals surface area contributed by atoms with Gasteiger partial charge in [0.15, 0.2) is 0 Å². The minimum absolute atomic E-state index is 0.0790. The Kier molecular flexibility index (Phi) is 2.52. The smallest absolute Gasteiger partial charge is 0.323 e. The van der Waals surface area contributed by atoms with Gasteiger partial charge in [-0.1, -0.05) is 0 Å². The van der Waals surface area contributed by atoms with Gasteiger partial charge < -0.3 is 5.11 Å². The molecule has 17 heavy (non-hydrogen) atoms. The summed E-state index contributed by atoms with van der Waals surface area (Å²) in [6.45, 7) is -0.566. The van der Waals surface area contributed by atoms with Crippen molar-refractivity contribution in [2.45, 2.75) is 0 Å². The summed E-state index contributed by atoms with van der Waals surface area (Å²) < 4.78 is 0. The highest BCUT2D eigenvalue weighted by atomic mass is 16.5. The molecule has 1 aromatic rings. The number of carbonyl (C=O) groups excluding carboxylic acids is 2. The van der Waals surface area contributed by atoms with Gasteiger partial charge in [-0.3, -0.25) is 30.0 Å². The third-order valence-electron chi connectivity index (χ3n) is 2.39. The number of ketones is 1. The zero-order valence-electron chi connectivity index (χ0n) is 8.51. The van der Waals surface area contributed by atoms with Crippen molar-refractivity contribution in [1.82, 2.24) is 0 Å². The lowest BCUT2D eigenvalue weighted by Gasteiger charge is -2.13. The number of nitrogens with zero attached hydrogens (tertiary/aromatic N) is 1. The molecular formula is C10H8N2O5. The van der Waals surface area contributed by atoms with E-state index in [1.165, 1.54) is 18.2 Å². The molecule has 1 aliphatic heterocycles. The normalized spacial score (nSPS) is 13.8. The number of carboxylic acids is 1. The number of carboxylic acid groups (broad SMARTS) is 1. The summed E-state index contributed by atoms with van der Waals surface area (Å²) in [5.41, 5.74) is 2.42. The lowest BCUT2D eigenvalue weighted by Crippen LogP contribution is -2.34. The molecule has 0 saturated heterocycles. The summed E-state index contributed by atoms with van der Waals surface area (Å²) >= 11 is 0. The first-order valence-corrected chi connectivity index (χ1v) is 4.66. The number of anilines is 2. The molecule has 0 saturated carbocycles. The molecule has 0 fully saturated rings. The van der Waals surface area contributed by atoms with Crippen LogP contribution in [0.1, 0.15) is 10.4 Å². The van der Waals surface area contributed by atoms with Crippen molar-refractivity contribution >= 4 is 29.0 Å². The Hall–Kier alpha value is -2.41. The van der Waals surface area contributed by atoms with Crippen molar-refractivity contribution in [3.05, 3.63) is 23.8 Å². The molecule has 7 heteroatoms. The second kappa shape index (κ2) is 3.87. The number of nitrogens with one attached hydrogen (secondary N) is 1. The Morgan fingerprint density at radius 2 is 2.06 bits per heavy atom. The van der Waals surface area contributed by atoms with E-state index in [0.29, 0.717) is 0 Å². The second-order valence-corrected chi connectivity index (χ2v) is 3.46. The van der Waals surface area contributed by atoms with Crippen LogP contribution in [0.5, 0.6) is 0 Å². The number of carbonyl (C=O) groups is 3. The summed E-state index contributed by atoms with van der Waals surface area (Å²) in [5, 5.41) is 17.3. The molecule has 0 unspecified atom stereocenters. The average Bonchev–Trinajstić information content (AvgIpc) is 2.54. The van der Waals surface area contributed by atoms with Gasteiger partial charge in [-0.2, -0.15) is 0 Å². The third-order valence-corrected chi connectivity index (χ3v) is 2.39. The number of hydrogen-bond acceptors (Lipinski definition) is 5. The van der Waals surface area contributed by atoms with E-state index in [1.54, 1.807) is 0 Å². The maximum absolute atomic E-state index is 11.6. The summed E-state index contributed by atoms with van der Waals surface area (Å²) in [7, 11) is 0. The maximum Gasteiger partial charge on any atom is 0.323 e. The van der Waals surface area contributed by atoms with Gasteiger partial charge in [0.05, 0.1) is 16.9 Å². The van der Waals surface area contributed by atoms with Crippen molar-refractivity contribution in [2.75, 3.05) is 16.9 Å². The van der Waals surface area contributed by atoms with Crippen LogP contribution in [0.4, 0.5) is 11.4 Å². The largest absolute Gasteiger partial charge is 0.480 e. The molecule has 3 N–H and O–H groups in total. The van der Waals surface area contributed by atoms with Crippen LogP contribution >= 0.6 is 0 Å². The molecule has 88 valence electrons. The fourth-order valence-electron chi connectivity index (χ4n) is 1.66. The van der Waals surface area contributed by atoms with E-state index in [0.717, 1.165) is 4.90 Å². The predicted octanol–water partition coefficient (Wildman–Crippen LogP) is 0.102. The van der Waals surface area contributed by atoms with Crippen molar-refractivity contribution in [1.29, 1.82) is 0 Å². The van der Waals surface area contributed by atoms with Gasteiger partial charge in [-0.05, 0) is 18.2 Å². The quantitative estimate of drug-likeness (QED) is 0.507. The highest BCUT2D eigenvalue weighted by Crippen LogP contribution is 2.30. The van der Waals surface area contributed by atoms with E-state index in [-0.39, 0.29) is 16.9 Å². The van der Waals surface area contributed by atoms with Crippen LogP contribution in [0.3, 0.4) is 0 Å². The first-order chi connectivity index (χ1) is 8.04. The van der Waals surface area contributed by atoms with Crippen molar-refractivity contribution in [3.8, 4) is 0 Å². The number of aliphatic carboxylic acids is 1. The molecule has 0 bridgehead atoms. The summed E-state index contributed by atoms with van der Waals surface area (Å²) in [6.07, 6.45) is 0. The second-order valence-electron chi connectivity index (χ2n) is 3.46. The lowest BCUT2D eigenvalue weighted by molar-refractivity contribution is -0.136. The van der Waals surface area contributed by atoms with Gasteiger partial charge in [0, 0.05) is 0 Å². The summed E-state index contributed by atoms with van der Waals surface area (Å²) in [4.78, 5) is 34.6. The summed E-state index contributed by atoms with van der Waals surface area (Å²) in [5.74, 6) is -2.86. The standard InChI is InChI=1S/C10H8N2O5/c13-8(14)4-12-7-2-1-5(11-17)3-6(7)9(15)10(12)16/h1-3,11,17H,4H2,(H,13,14). The number of benzene rings is 1. The van der Waals surface area contributed by atoms with E-state index < -0.39 is 24.2 Å². The Morgan fingerprint density at radius 1 is 1.35 bits per heavy atom. The summed E-state index contributed by atoms with van der Waals surface area (Å²) in [6, 6.07) is 4.12. The van der Waals surface area contributed by atoms with Crippen LogP contribution < -0.4 is 10.4 Å². The Morgan fingerprint density at radius 3 is 2.65 bits per heavy atom. The fraction of sp³-hybridized carbons (Fsp3) is 0.100. The third kappa shape index (κ3) is 1.72. The van der Waals surface area contributed by atoms with Crippen LogP contribution in [-0.4, -0.2) is 34.5 Å². The van der Waals surface area contributed by atoms with Crippen LogP contribution in [0, 0.1) is 0 Å². The predicted molar refractivity (Wildman–Crippen MR) is 56.2 cm³/mol. The topological polar surface area (TPSA) is 107 Å². The minimum Gasteiger partial charge on any atom is -0.480 e. The van der Waals surface area contributed by atoms with E-state index in [2.05, 4.69) is 0 Å². The van der Waals surface area contributed by atoms with E-state index in [1.807, 2.05) is 5.48 Å². The number of Topliss-reactive ketones (excluding diaryl/α,β-unsaturated/α-hetero) is 1. The van der Waals surface area contributed by atoms with Crippen molar-refractivity contribution < 1.29 is 24.7 Å². The highest BCUT2D eigenvalue weighted by Gasteiger charge is 2.36. The van der Waals surface area contributed by atoms with Crippen LogP contribution in [0.25, 0.3) is 0 Å². The van der Waals surface area contributed by atoms with Crippen molar-refractivity contribution in [2.24, 2.45) is 0 Å². The number of hydrogen-bond donors (Lipinski definition) is 3.